The van der Waals surface area contributed by atoms with Crippen LogP contribution in [0.15, 0.2) is 28.9 Å². The largest absolute Gasteiger partial charge is 0.448 e. The first-order valence-electron chi connectivity index (χ1n) is 4.63. The molecule has 2 aromatic heterocycles. The molecule has 0 unspecified atom stereocenters. The highest BCUT2D eigenvalue weighted by molar-refractivity contribution is 6.28. The van der Waals surface area contributed by atoms with Crippen LogP contribution in [-0.2, 0) is 13.1 Å². The molecular formula is C9H11ClN4O. The zero-order chi connectivity index (χ0) is 10.5. The second kappa shape index (κ2) is 4.95. The molecule has 0 spiro atoms. The van der Waals surface area contributed by atoms with E-state index in [0.717, 1.165) is 18.8 Å². The highest BCUT2D eigenvalue weighted by Gasteiger charge is 1.98. The number of hydrogen-bond donors (Lipinski definition) is 1. The predicted octanol–water partition coefficient (Wildman–Crippen LogP) is 1.31. The van der Waals surface area contributed by atoms with E-state index in [1.54, 1.807) is 16.9 Å². The summed E-state index contributed by atoms with van der Waals surface area (Å²) in [5, 5.41) is 11.2. The Bertz CT molecular complexity index is 398. The molecule has 15 heavy (non-hydrogen) atoms. The second-order valence-corrected chi connectivity index (χ2v) is 3.42. The third kappa shape index (κ3) is 3.07. The zero-order valence-electron chi connectivity index (χ0n) is 8.06. The highest BCUT2D eigenvalue weighted by Crippen LogP contribution is 2.12. The number of aromatic nitrogens is 3. The first-order valence-corrected chi connectivity index (χ1v) is 5.01. The molecule has 0 aliphatic rings. The smallest absolute Gasteiger partial charge is 0.193 e. The molecule has 0 saturated heterocycles. The summed E-state index contributed by atoms with van der Waals surface area (Å²) < 4.78 is 6.95. The molecule has 1 N–H and O–H groups in total. The Balaban J connectivity index is 1.67. The summed E-state index contributed by atoms with van der Waals surface area (Å²) in [5.74, 6) is 0.832. The predicted molar refractivity (Wildman–Crippen MR) is 55.4 cm³/mol. The van der Waals surface area contributed by atoms with Gasteiger partial charge in [0.05, 0.1) is 19.3 Å². The number of rotatable bonds is 5. The van der Waals surface area contributed by atoms with Crippen molar-refractivity contribution in [2.75, 3.05) is 6.54 Å². The van der Waals surface area contributed by atoms with Gasteiger partial charge in [-0.2, -0.15) is 0 Å². The van der Waals surface area contributed by atoms with Crippen molar-refractivity contribution in [2.24, 2.45) is 0 Å². The van der Waals surface area contributed by atoms with Crippen LogP contribution in [0.3, 0.4) is 0 Å². The van der Waals surface area contributed by atoms with Gasteiger partial charge in [-0.05, 0) is 23.7 Å². The van der Waals surface area contributed by atoms with Crippen molar-refractivity contribution < 1.29 is 4.42 Å². The van der Waals surface area contributed by atoms with Crippen molar-refractivity contribution in [3.05, 3.63) is 35.5 Å². The second-order valence-electron chi connectivity index (χ2n) is 3.05. The maximum atomic E-state index is 5.64. The number of halogens is 1. The minimum atomic E-state index is 0.420. The summed E-state index contributed by atoms with van der Waals surface area (Å²) in [5.41, 5.74) is 0. The van der Waals surface area contributed by atoms with Crippen molar-refractivity contribution in [2.45, 2.75) is 13.1 Å². The van der Waals surface area contributed by atoms with Crippen molar-refractivity contribution in [1.29, 1.82) is 0 Å². The van der Waals surface area contributed by atoms with E-state index in [-0.39, 0.29) is 0 Å². The van der Waals surface area contributed by atoms with Gasteiger partial charge in [0.15, 0.2) is 5.22 Å². The summed E-state index contributed by atoms with van der Waals surface area (Å²) >= 11 is 5.64. The Kier molecular flexibility index (Phi) is 3.37. The first kappa shape index (κ1) is 10.2. The van der Waals surface area contributed by atoms with E-state index in [9.17, 15) is 0 Å². The molecule has 0 aliphatic heterocycles. The Labute approximate surface area is 92.0 Å². The van der Waals surface area contributed by atoms with E-state index in [2.05, 4.69) is 15.6 Å². The molecule has 6 heteroatoms. The number of hydrogen-bond acceptors (Lipinski definition) is 4. The Morgan fingerprint density at radius 3 is 3.07 bits per heavy atom. The average Bonchev–Trinajstić information content (AvgIpc) is 2.84. The molecule has 0 amide bonds. The quantitative estimate of drug-likeness (QED) is 0.782. The van der Waals surface area contributed by atoms with Gasteiger partial charge in [-0.3, -0.25) is 4.68 Å². The molecule has 0 fully saturated rings. The average molecular weight is 227 g/mol. The van der Waals surface area contributed by atoms with E-state index in [1.807, 2.05) is 12.3 Å². The summed E-state index contributed by atoms with van der Waals surface area (Å²) in [6.45, 7) is 2.26. The van der Waals surface area contributed by atoms with Gasteiger partial charge in [0.2, 0.25) is 0 Å². The van der Waals surface area contributed by atoms with Crippen LogP contribution in [-0.4, -0.2) is 21.5 Å². The lowest BCUT2D eigenvalue weighted by molar-refractivity contribution is 0.469. The van der Waals surface area contributed by atoms with Gasteiger partial charge in [0.1, 0.15) is 5.76 Å². The van der Waals surface area contributed by atoms with Crippen LogP contribution in [0.5, 0.6) is 0 Å². The van der Waals surface area contributed by atoms with Crippen LogP contribution < -0.4 is 5.32 Å². The standard InChI is InChI=1S/C9H11ClN4O/c10-9-2-1-8(15-9)7-11-3-5-14-6-4-12-13-14/h1-2,4,6,11H,3,5,7H2. The summed E-state index contributed by atoms with van der Waals surface area (Å²) in [7, 11) is 0. The van der Waals surface area contributed by atoms with Gasteiger partial charge >= 0.3 is 0 Å². The summed E-state index contributed by atoms with van der Waals surface area (Å²) in [6, 6.07) is 3.58. The fraction of sp³-hybridized carbons (Fsp3) is 0.333. The number of furan rings is 1. The van der Waals surface area contributed by atoms with Crippen molar-refractivity contribution >= 4 is 11.6 Å². The van der Waals surface area contributed by atoms with Crippen LogP contribution in [0.4, 0.5) is 0 Å². The van der Waals surface area contributed by atoms with Gasteiger partial charge < -0.3 is 9.73 Å². The van der Waals surface area contributed by atoms with Gasteiger partial charge in [-0.15, -0.1) is 5.10 Å². The molecule has 2 heterocycles. The minimum absolute atomic E-state index is 0.420. The van der Waals surface area contributed by atoms with E-state index in [4.69, 9.17) is 16.0 Å². The van der Waals surface area contributed by atoms with E-state index >= 15 is 0 Å². The SMILES string of the molecule is Clc1ccc(CNCCn2ccnn2)o1. The fourth-order valence-electron chi connectivity index (χ4n) is 1.20. The van der Waals surface area contributed by atoms with Gasteiger partial charge in [-0.25, -0.2) is 0 Å². The molecule has 0 atom stereocenters. The number of nitrogens with zero attached hydrogens (tertiary/aromatic N) is 3. The molecule has 0 aliphatic carbocycles. The fourth-order valence-corrected chi connectivity index (χ4v) is 1.37. The first-order chi connectivity index (χ1) is 7.34. The number of nitrogens with one attached hydrogen (secondary N) is 1. The van der Waals surface area contributed by atoms with E-state index in [0.29, 0.717) is 11.8 Å². The summed E-state index contributed by atoms with van der Waals surface area (Å²) in [4.78, 5) is 0. The molecular weight excluding hydrogens is 216 g/mol. The van der Waals surface area contributed by atoms with Crippen LogP contribution in [0.25, 0.3) is 0 Å². The maximum absolute atomic E-state index is 5.64. The van der Waals surface area contributed by atoms with Crippen LogP contribution in [0, 0.1) is 0 Å². The van der Waals surface area contributed by atoms with E-state index in [1.165, 1.54) is 0 Å². The molecule has 2 aromatic rings. The maximum Gasteiger partial charge on any atom is 0.193 e. The Morgan fingerprint density at radius 1 is 1.47 bits per heavy atom. The Hall–Kier alpha value is -1.33. The van der Waals surface area contributed by atoms with Crippen LogP contribution >= 0.6 is 11.6 Å². The molecule has 5 nitrogen and oxygen atoms in total. The molecule has 80 valence electrons. The van der Waals surface area contributed by atoms with Gasteiger partial charge in [0.25, 0.3) is 0 Å². The van der Waals surface area contributed by atoms with Crippen LogP contribution in [0.2, 0.25) is 5.22 Å². The molecule has 0 saturated carbocycles. The third-order valence-corrected chi connectivity index (χ3v) is 2.12. The summed E-state index contributed by atoms with van der Waals surface area (Å²) in [6.07, 6.45) is 3.48. The monoisotopic (exact) mass is 226 g/mol. The molecule has 2 rings (SSSR count). The topological polar surface area (TPSA) is 55.9 Å². The van der Waals surface area contributed by atoms with Crippen molar-refractivity contribution in [1.82, 2.24) is 20.3 Å². The van der Waals surface area contributed by atoms with Crippen molar-refractivity contribution in [3.63, 3.8) is 0 Å². The lowest BCUT2D eigenvalue weighted by Crippen LogP contribution is -2.19. The van der Waals surface area contributed by atoms with Gasteiger partial charge in [-0.1, -0.05) is 5.21 Å². The van der Waals surface area contributed by atoms with Crippen molar-refractivity contribution in [3.8, 4) is 0 Å². The Morgan fingerprint density at radius 2 is 2.40 bits per heavy atom. The zero-order valence-corrected chi connectivity index (χ0v) is 8.81. The minimum Gasteiger partial charge on any atom is -0.448 e. The highest BCUT2D eigenvalue weighted by atomic mass is 35.5. The molecule has 0 bridgehead atoms. The molecule has 0 aromatic carbocycles. The lowest BCUT2D eigenvalue weighted by atomic mass is 10.4. The lowest BCUT2D eigenvalue weighted by Gasteiger charge is -2.01. The van der Waals surface area contributed by atoms with E-state index < -0.39 is 0 Å². The van der Waals surface area contributed by atoms with Gasteiger partial charge in [0, 0.05) is 12.7 Å². The molecule has 0 radical (unpaired) electrons. The third-order valence-electron chi connectivity index (χ3n) is 1.92. The van der Waals surface area contributed by atoms with Crippen LogP contribution in [0.1, 0.15) is 5.76 Å². The normalized spacial score (nSPS) is 10.7.